The predicted octanol–water partition coefficient (Wildman–Crippen LogP) is 2.07. The van der Waals surface area contributed by atoms with Crippen LogP contribution in [0.5, 0.6) is 0 Å². The van der Waals surface area contributed by atoms with Crippen LogP contribution in [0.3, 0.4) is 0 Å². The first-order valence-corrected chi connectivity index (χ1v) is 9.75. The zero-order valence-electron chi connectivity index (χ0n) is 16.6. The number of aryl methyl sites for hydroxylation is 1. The van der Waals surface area contributed by atoms with Crippen LogP contribution < -0.4 is 10.2 Å². The van der Waals surface area contributed by atoms with Crippen LogP contribution in [0.15, 0.2) is 53.8 Å². The van der Waals surface area contributed by atoms with Gasteiger partial charge in [-0.15, -0.1) is 34.2 Å². The Morgan fingerprint density at radius 2 is 1.90 bits per heavy atom. The molecule has 29 heavy (non-hydrogen) atoms. The third-order valence-electron chi connectivity index (χ3n) is 5.01. The van der Waals surface area contributed by atoms with E-state index in [4.69, 9.17) is 0 Å². The number of rotatable bonds is 5. The fraction of sp³-hybridized carbons (Fsp3) is 0.400. The van der Waals surface area contributed by atoms with Gasteiger partial charge in [0.25, 0.3) is 0 Å². The van der Waals surface area contributed by atoms with Gasteiger partial charge < -0.3 is 15.1 Å². The van der Waals surface area contributed by atoms with E-state index in [0.29, 0.717) is 0 Å². The summed E-state index contributed by atoms with van der Waals surface area (Å²) in [4.78, 5) is 13.5. The molecule has 0 aromatic carbocycles. The highest BCUT2D eigenvalue weighted by molar-refractivity contribution is 14.0. The molecule has 9 heteroatoms. The second-order valence-corrected chi connectivity index (χ2v) is 6.78. The van der Waals surface area contributed by atoms with Crippen molar-refractivity contribution in [2.24, 2.45) is 4.99 Å². The van der Waals surface area contributed by atoms with Gasteiger partial charge in [-0.2, -0.15) is 0 Å². The Bertz CT molecular complexity index is 918. The van der Waals surface area contributed by atoms with Gasteiger partial charge in [0, 0.05) is 58.6 Å². The van der Waals surface area contributed by atoms with E-state index in [9.17, 15) is 0 Å². The number of anilines is 1. The molecule has 1 saturated heterocycles. The summed E-state index contributed by atoms with van der Waals surface area (Å²) >= 11 is 0. The number of hydrogen-bond acceptors (Lipinski definition) is 5. The van der Waals surface area contributed by atoms with Crippen LogP contribution in [0.2, 0.25) is 0 Å². The summed E-state index contributed by atoms with van der Waals surface area (Å²) in [5.74, 6) is 3.01. The molecule has 0 spiro atoms. The van der Waals surface area contributed by atoms with Gasteiger partial charge in [0.05, 0.1) is 0 Å². The first-order valence-electron chi connectivity index (χ1n) is 9.75. The topological polar surface area (TPSA) is 74.0 Å². The fourth-order valence-corrected chi connectivity index (χ4v) is 3.53. The summed E-state index contributed by atoms with van der Waals surface area (Å²) in [6.07, 6.45) is 5.71. The Labute approximate surface area is 188 Å². The highest BCUT2D eigenvalue weighted by Gasteiger charge is 2.20. The van der Waals surface area contributed by atoms with Crippen LogP contribution >= 0.6 is 24.0 Å². The normalized spacial score (nSPS) is 14.7. The first kappa shape index (κ1) is 21.3. The van der Waals surface area contributed by atoms with Gasteiger partial charge >= 0.3 is 0 Å². The van der Waals surface area contributed by atoms with Gasteiger partial charge in [-0.25, -0.2) is 4.98 Å². The molecule has 0 amide bonds. The molecule has 1 aliphatic rings. The van der Waals surface area contributed by atoms with E-state index in [0.717, 1.165) is 68.8 Å². The Hall–Kier alpha value is -2.43. The third-order valence-corrected chi connectivity index (χ3v) is 5.01. The van der Waals surface area contributed by atoms with E-state index in [2.05, 4.69) is 41.4 Å². The zero-order valence-corrected chi connectivity index (χ0v) is 18.9. The molecule has 0 bridgehead atoms. The largest absolute Gasteiger partial charge is 0.356 e. The lowest BCUT2D eigenvalue weighted by Crippen LogP contribution is -2.52. The minimum atomic E-state index is 0. The summed E-state index contributed by atoms with van der Waals surface area (Å²) in [7, 11) is 1.85. The molecule has 3 aromatic rings. The van der Waals surface area contributed by atoms with Crippen molar-refractivity contribution in [3.05, 3.63) is 54.6 Å². The summed E-state index contributed by atoms with van der Waals surface area (Å²) in [5.41, 5.74) is 0.895. The molecule has 8 nitrogen and oxygen atoms in total. The molecular formula is C20H27IN8. The number of piperazine rings is 1. The fourth-order valence-electron chi connectivity index (χ4n) is 3.53. The van der Waals surface area contributed by atoms with Crippen molar-refractivity contribution in [2.45, 2.75) is 12.8 Å². The number of pyridine rings is 2. The molecule has 154 valence electrons. The highest BCUT2D eigenvalue weighted by Crippen LogP contribution is 2.12. The molecule has 0 unspecified atom stereocenters. The van der Waals surface area contributed by atoms with Crippen molar-refractivity contribution < 1.29 is 0 Å². The van der Waals surface area contributed by atoms with E-state index >= 15 is 0 Å². The number of hydrogen-bond donors (Lipinski definition) is 1. The number of fused-ring (bicyclic) bond motifs is 1. The number of nitrogens with zero attached hydrogens (tertiary/aromatic N) is 7. The van der Waals surface area contributed by atoms with Gasteiger partial charge in [-0.1, -0.05) is 12.1 Å². The lowest BCUT2D eigenvalue weighted by atomic mass is 10.3. The lowest BCUT2D eigenvalue weighted by molar-refractivity contribution is 0.371. The second-order valence-electron chi connectivity index (χ2n) is 6.78. The maximum absolute atomic E-state index is 4.46. The Morgan fingerprint density at radius 3 is 2.66 bits per heavy atom. The third kappa shape index (κ3) is 5.14. The van der Waals surface area contributed by atoms with Crippen molar-refractivity contribution in [1.29, 1.82) is 0 Å². The molecule has 3 aromatic heterocycles. The molecule has 1 fully saturated rings. The van der Waals surface area contributed by atoms with E-state index in [1.165, 1.54) is 0 Å². The molecule has 1 N–H and O–H groups in total. The summed E-state index contributed by atoms with van der Waals surface area (Å²) in [6.45, 7) is 4.62. The summed E-state index contributed by atoms with van der Waals surface area (Å²) < 4.78 is 2.05. The van der Waals surface area contributed by atoms with Crippen LogP contribution in [0, 0.1) is 0 Å². The van der Waals surface area contributed by atoms with Crippen molar-refractivity contribution in [3.8, 4) is 0 Å². The van der Waals surface area contributed by atoms with Gasteiger partial charge in [0.15, 0.2) is 11.6 Å². The Morgan fingerprint density at radius 1 is 1.07 bits per heavy atom. The number of guanidine groups is 1. The summed E-state index contributed by atoms with van der Waals surface area (Å²) in [5, 5.41) is 12.0. The first-order chi connectivity index (χ1) is 13.8. The molecule has 4 rings (SSSR count). The minimum absolute atomic E-state index is 0. The van der Waals surface area contributed by atoms with Gasteiger partial charge in [0.1, 0.15) is 11.6 Å². The standard InChI is InChI=1S/C20H26N8.HI/c1-21-20(27-15-13-26(14-16-27)17-7-2-4-10-22-17)23-11-6-9-19-25-24-18-8-3-5-12-28(18)19;/h2-5,7-8,10,12H,6,9,11,13-16H2,1H3,(H,21,23);1H. The average molecular weight is 506 g/mol. The molecule has 0 atom stereocenters. The van der Waals surface area contributed by atoms with Crippen molar-refractivity contribution >= 4 is 41.4 Å². The lowest BCUT2D eigenvalue weighted by Gasteiger charge is -2.37. The van der Waals surface area contributed by atoms with E-state index in [-0.39, 0.29) is 24.0 Å². The van der Waals surface area contributed by atoms with Crippen LogP contribution in [0.4, 0.5) is 5.82 Å². The van der Waals surface area contributed by atoms with E-state index < -0.39 is 0 Å². The second kappa shape index (κ2) is 10.4. The number of nitrogens with one attached hydrogen (secondary N) is 1. The highest BCUT2D eigenvalue weighted by atomic mass is 127. The maximum Gasteiger partial charge on any atom is 0.193 e. The maximum atomic E-state index is 4.46. The van der Waals surface area contributed by atoms with Gasteiger partial charge in [-0.05, 0) is 30.7 Å². The van der Waals surface area contributed by atoms with E-state index in [1.807, 2.05) is 54.2 Å². The molecule has 4 heterocycles. The quantitative estimate of drug-likeness (QED) is 0.247. The van der Waals surface area contributed by atoms with Gasteiger partial charge in [-0.3, -0.25) is 9.39 Å². The monoisotopic (exact) mass is 506 g/mol. The van der Waals surface area contributed by atoms with E-state index in [1.54, 1.807) is 0 Å². The van der Waals surface area contributed by atoms with Crippen LogP contribution in [0.1, 0.15) is 12.2 Å². The van der Waals surface area contributed by atoms with Crippen molar-refractivity contribution in [2.75, 3.05) is 44.7 Å². The average Bonchev–Trinajstić information content (AvgIpc) is 3.18. The van der Waals surface area contributed by atoms with Crippen LogP contribution in [-0.4, -0.2) is 70.2 Å². The minimum Gasteiger partial charge on any atom is -0.356 e. The van der Waals surface area contributed by atoms with Crippen LogP contribution in [-0.2, 0) is 6.42 Å². The predicted molar refractivity (Wildman–Crippen MR) is 126 cm³/mol. The Balaban J connectivity index is 0.00000240. The number of aliphatic imine (C=N–C) groups is 1. The van der Waals surface area contributed by atoms with Crippen molar-refractivity contribution in [1.82, 2.24) is 29.8 Å². The van der Waals surface area contributed by atoms with Gasteiger partial charge in [0.2, 0.25) is 0 Å². The van der Waals surface area contributed by atoms with Crippen LogP contribution in [0.25, 0.3) is 5.65 Å². The smallest absolute Gasteiger partial charge is 0.193 e. The molecule has 0 saturated carbocycles. The molecule has 0 radical (unpaired) electrons. The molecular weight excluding hydrogens is 479 g/mol. The molecule has 0 aliphatic carbocycles. The number of halogens is 1. The number of aromatic nitrogens is 4. The summed E-state index contributed by atoms with van der Waals surface area (Å²) in [6, 6.07) is 12.0. The molecule has 1 aliphatic heterocycles. The SMILES string of the molecule is CN=C(NCCCc1nnc2ccccn12)N1CCN(c2ccccn2)CC1.I. The zero-order chi connectivity index (χ0) is 19.2. The van der Waals surface area contributed by atoms with Crippen molar-refractivity contribution in [3.63, 3.8) is 0 Å². The Kier molecular flexibility index (Phi) is 7.62.